The molecular formula is C22H22Cl4N4O8. The smallest absolute Gasteiger partial charge is 0.174 e. The Kier molecular flexibility index (Phi) is 10.7. The first-order valence-corrected chi connectivity index (χ1v) is 12.4. The van der Waals surface area contributed by atoms with E-state index in [1.807, 2.05) is 0 Å². The molecule has 12 nitrogen and oxygen atoms in total. The van der Waals surface area contributed by atoms with Crippen molar-refractivity contribution in [3.8, 4) is 0 Å². The van der Waals surface area contributed by atoms with Gasteiger partial charge in [-0.3, -0.25) is 0 Å². The molecule has 0 saturated carbocycles. The summed E-state index contributed by atoms with van der Waals surface area (Å²) in [4.78, 5) is 0. The molecule has 0 heterocycles. The van der Waals surface area contributed by atoms with E-state index in [-0.39, 0.29) is 33.9 Å². The molecule has 0 aliphatic heterocycles. The van der Waals surface area contributed by atoms with E-state index in [9.17, 15) is 31.2 Å². The summed E-state index contributed by atoms with van der Waals surface area (Å²) in [6, 6.07) is 13.5. The minimum Gasteiger partial charge on any atom is -0.595 e. The van der Waals surface area contributed by atoms with Gasteiger partial charge in [0.1, 0.15) is 0 Å². The number of hydrogen-bond acceptors (Lipinski definition) is 8. The predicted molar refractivity (Wildman–Crippen MR) is 137 cm³/mol. The molecule has 8 unspecified atom stereocenters. The second-order valence-corrected chi connectivity index (χ2v) is 9.98. The molecule has 206 valence electrons. The van der Waals surface area contributed by atoms with E-state index in [0.29, 0.717) is 11.1 Å². The Morgan fingerprint density at radius 3 is 1.18 bits per heavy atom. The maximum absolute atomic E-state index is 11.7. The van der Waals surface area contributed by atoms with Gasteiger partial charge in [-0.25, -0.2) is 20.8 Å². The van der Waals surface area contributed by atoms with Crippen molar-refractivity contribution in [2.24, 2.45) is 0 Å². The van der Waals surface area contributed by atoms with E-state index < -0.39 is 42.4 Å². The summed E-state index contributed by atoms with van der Waals surface area (Å²) in [5, 5.41) is 74.0. The van der Waals surface area contributed by atoms with Gasteiger partial charge in [-0.05, 0) is 23.3 Å². The molecule has 38 heavy (non-hydrogen) atoms. The average molecular weight is 612 g/mol. The SMILES string of the molecule is [O-][NH+](O)c1ccc(C(Cl)C(Cl)c2cccc(C(Cl)C(Cl)c3ccc([NH+]([O-])O)cc3[NH+]([O-])O)c2)c([NH+]([O-])O)c1. The van der Waals surface area contributed by atoms with Gasteiger partial charge in [-0.2, -0.15) is 20.9 Å². The predicted octanol–water partition coefficient (Wildman–Crippen LogP) is 1.82. The molecule has 16 heteroatoms. The molecule has 3 rings (SSSR count). The third-order valence-corrected chi connectivity index (χ3v) is 7.96. The number of nitrogens with one attached hydrogen (secondary N) is 4. The molecule has 3 aromatic carbocycles. The molecule has 0 aliphatic carbocycles. The van der Waals surface area contributed by atoms with Crippen molar-refractivity contribution in [3.63, 3.8) is 0 Å². The number of alkyl halides is 4. The zero-order valence-electron chi connectivity index (χ0n) is 19.0. The summed E-state index contributed by atoms with van der Waals surface area (Å²) < 4.78 is 0. The Hall–Kier alpha value is -1.66. The standard InChI is InChI=1S/C22H22Cl4N4O8/c23-19(21(25)15-6-4-13(27(31)32)9-17(15)29(35)36)11-2-1-3-12(8-11)20(24)22(26)16-7-5-14(28(33)34)10-18(16)30(37)38/h1-10,19-22,27-31,33,35,37H. The lowest BCUT2D eigenvalue weighted by Crippen LogP contribution is -3.01. The Morgan fingerprint density at radius 1 is 0.500 bits per heavy atom. The normalized spacial score (nSPS) is 18.2. The molecule has 0 radical (unpaired) electrons. The lowest BCUT2D eigenvalue weighted by molar-refractivity contribution is -0.996. The van der Waals surface area contributed by atoms with Gasteiger partial charge in [0.05, 0.1) is 33.6 Å². The van der Waals surface area contributed by atoms with E-state index in [0.717, 1.165) is 12.1 Å². The number of hydrogen-bond donors (Lipinski definition) is 8. The first-order chi connectivity index (χ1) is 17.8. The van der Waals surface area contributed by atoms with Gasteiger partial charge >= 0.3 is 0 Å². The third-order valence-electron chi connectivity index (χ3n) is 5.72. The Bertz CT molecular complexity index is 1160. The van der Waals surface area contributed by atoms with Crippen LogP contribution in [0, 0.1) is 20.8 Å². The van der Waals surface area contributed by atoms with E-state index in [1.165, 1.54) is 24.3 Å². The molecule has 0 aromatic heterocycles. The van der Waals surface area contributed by atoms with Crippen LogP contribution in [0.15, 0.2) is 60.7 Å². The van der Waals surface area contributed by atoms with Gasteiger partial charge in [0.2, 0.25) is 0 Å². The topological polar surface area (TPSA) is 191 Å². The van der Waals surface area contributed by atoms with Crippen LogP contribution in [0.1, 0.15) is 43.8 Å². The molecule has 8 atom stereocenters. The van der Waals surface area contributed by atoms with Crippen LogP contribution in [0.4, 0.5) is 22.7 Å². The number of halogens is 4. The molecule has 3 aromatic rings. The largest absolute Gasteiger partial charge is 0.595 e. The van der Waals surface area contributed by atoms with Gasteiger partial charge in [0, 0.05) is 23.3 Å². The minimum absolute atomic E-state index is 0.108. The highest BCUT2D eigenvalue weighted by Gasteiger charge is 2.30. The highest BCUT2D eigenvalue weighted by molar-refractivity contribution is 6.31. The van der Waals surface area contributed by atoms with Gasteiger partial charge < -0.3 is 20.8 Å². The van der Waals surface area contributed by atoms with Gasteiger partial charge in [-0.15, -0.1) is 46.4 Å². The number of quaternary nitrogens is 4. The molecule has 0 fully saturated rings. The van der Waals surface area contributed by atoms with Crippen molar-refractivity contribution in [3.05, 3.63) is 104 Å². The summed E-state index contributed by atoms with van der Waals surface area (Å²) in [7, 11) is 0. The summed E-state index contributed by atoms with van der Waals surface area (Å²) in [5.41, 5.74) is 0.0296. The van der Waals surface area contributed by atoms with Crippen molar-refractivity contribution in [1.29, 1.82) is 0 Å². The Morgan fingerprint density at radius 2 is 0.868 bits per heavy atom. The average Bonchev–Trinajstić information content (AvgIpc) is 2.90. The van der Waals surface area contributed by atoms with Gasteiger partial charge in [-0.1, -0.05) is 24.3 Å². The van der Waals surface area contributed by atoms with Crippen molar-refractivity contribution >= 4 is 69.2 Å². The second-order valence-electron chi connectivity index (χ2n) is 8.10. The zero-order valence-corrected chi connectivity index (χ0v) is 22.0. The van der Waals surface area contributed by atoms with E-state index in [4.69, 9.17) is 56.8 Å². The molecule has 0 spiro atoms. The molecular weight excluding hydrogens is 590 g/mol. The third kappa shape index (κ3) is 6.91. The lowest BCUT2D eigenvalue weighted by atomic mass is 9.96. The van der Waals surface area contributed by atoms with Crippen LogP contribution in [-0.4, -0.2) is 20.8 Å². The molecule has 0 amide bonds. The first kappa shape index (κ1) is 30.9. The number of rotatable bonds is 10. The second kappa shape index (κ2) is 13.1. The fourth-order valence-electron chi connectivity index (χ4n) is 3.79. The summed E-state index contributed by atoms with van der Waals surface area (Å²) in [5.74, 6) is 0. The van der Waals surface area contributed by atoms with E-state index in [2.05, 4.69) is 0 Å². The zero-order chi connectivity index (χ0) is 28.3. The highest BCUT2D eigenvalue weighted by Crippen LogP contribution is 2.45. The van der Waals surface area contributed by atoms with Crippen LogP contribution in [0.3, 0.4) is 0 Å². The Labute approximate surface area is 235 Å². The maximum Gasteiger partial charge on any atom is 0.174 e. The minimum atomic E-state index is -1.37. The van der Waals surface area contributed by atoms with Crippen LogP contribution >= 0.6 is 46.4 Å². The highest BCUT2D eigenvalue weighted by atomic mass is 35.5. The van der Waals surface area contributed by atoms with Crippen molar-refractivity contribution in [1.82, 2.24) is 0 Å². The molecule has 0 bridgehead atoms. The van der Waals surface area contributed by atoms with Gasteiger partial charge in [0.15, 0.2) is 22.7 Å². The van der Waals surface area contributed by atoms with Crippen LogP contribution < -0.4 is 20.9 Å². The lowest BCUT2D eigenvalue weighted by Gasteiger charge is -2.25. The molecule has 0 aliphatic rings. The van der Waals surface area contributed by atoms with E-state index in [1.54, 1.807) is 24.3 Å². The van der Waals surface area contributed by atoms with Crippen LogP contribution in [0.2, 0.25) is 0 Å². The van der Waals surface area contributed by atoms with Crippen molar-refractivity contribution in [2.75, 3.05) is 0 Å². The van der Waals surface area contributed by atoms with Gasteiger partial charge in [0.25, 0.3) is 0 Å². The van der Waals surface area contributed by atoms with Crippen LogP contribution in [0.25, 0.3) is 0 Å². The van der Waals surface area contributed by atoms with Crippen molar-refractivity contribution in [2.45, 2.75) is 21.5 Å². The molecule has 8 N–H and O–H groups in total. The monoisotopic (exact) mass is 610 g/mol. The molecule has 0 saturated heterocycles. The fourth-order valence-corrected chi connectivity index (χ4v) is 5.00. The summed E-state index contributed by atoms with van der Waals surface area (Å²) in [6.45, 7) is 0. The quantitative estimate of drug-likeness (QED) is 0.126. The maximum atomic E-state index is 11.7. The Balaban J connectivity index is 1.91. The van der Waals surface area contributed by atoms with Crippen LogP contribution in [-0.2, 0) is 0 Å². The fraction of sp³-hybridized carbons (Fsp3) is 0.182. The summed E-state index contributed by atoms with van der Waals surface area (Å²) >= 11 is 26.3. The first-order valence-electron chi connectivity index (χ1n) is 10.7. The van der Waals surface area contributed by atoms with Crippen LogP contribution in [0.5, 0.6) is 0 Å². The number of benzene rings is 3. The van der Waals surface area contributed by atoms with E-state index >= 15 is 0 Å². The van der Waals surface area contributed by atoms with Crippen molar-refractivity contribution < 1.29 is 41.7 Å². The summed E-state index contributed by atoms with van der Waals surface area (Å²) in [6.07, 6.45) is 0.